The van der Waals surface area contributed by atoms with Crippen LogP contribution >= 0.6 is 0 Å². The highest BCUT2D eigenvalue weighted by molar-refractivity contribution is 6.01. The molecule has 2 aliphatic heterocycles. The summed E-state index contributed by atoms with van der Waals surface area (Å²) >= 11 is 0. The van der Waals surface area contributed by atoms with Gasteiger partial charge < -0.3 is 15.0 Å². The Kier molecular flexibility index (Phi) is 5.15. The summed E-state index contributed by atoms with van der Waals surface area (Å²) in [5, 5.41) is 3.15. The van der Waals surface area contributed by atoms with Crippen LogP contribution in [0.25, 0.3) is 0 Å². The van der Waals surface area contributed by atoms with Gasteiger partial charge >= 0.3 is 0 Å². The minimum absolute atomic E-state index is 0.0138. The Morgan fingerprint density at radius 2 is 1.93 bits per heavy atom. The lowest BCUT2D eigenvalue weighted by Gasteiger charge is -2.20. The molecule has 1 amide bonds. The zero-order valence-electron chi connectivity index (χ0n) is 15.5. The zero-order valence-corrected chi connectivity index (χ0v) is 15.5. The van der Waals surface area contributed by atoms with Crippen molar-refractivity contribution >= 4 is 17.3 Å². The maximum Gasteiger partial charge on any atom is 0.249 e. The standard InChI is InChI=1S/C20H22F2N4O2/c1-28-14-4-2-3-13(9-14)25-16-7-8-26(20(16)27)17-6-5-15(18(21)19(17)22)12-10-23-24-11-12/h2-6,9,12,16,23-25H,7-8,10-11H2,1H3. The molecule has 2 aromatic carbocycles. The monoisotopic (exact) mass is 388 g/mol. The van der Waals surface area contributed by atoms with E-state index in [0.29, 0.717) is 37.4 Å². The highest BCUT2D eigenvalue weighted by Crippen LogP contribution is 2.32. The van der Waals surface area contributed by atoms with Crippen LogP contribution in [0.2, 0.25) is 0 Å². The number of hydrogen-bond donors (Lipinski definition) is 3. The van der Waals surface area contributed by atoms with Gasteiger partial charge in [0.1, 0.15) is 11.8 Å². The minimum atomic E-state index is -0.972. The van der Waals surface area contributed by atoms with Gasteiger partial charge in [0.15, 0.2) is 11.6 Å². The van der Waals surface area contributed by atoms with Crippen LogP contribution in [0.15, 0.2) is 36.4 Å². The topological polar surface area (TPSA) is 65.6 Å². The molecule has 0 saturated carbocycles. The van der Waals surface area contributed by atoms with Gasteiger partial charge in [-0.2, -0.15) is 0 Å². The van der Waals surface area contributed by atoms with E-state index in [4.69, 9.17) is 4.74 Å². The largest absolute Gasteiger partial charge is 0.497 e. The lowest BCUT2D eigenvalue weighted by Crippen LogP contribution is -2.34. The first-order valence-corrected chi connectivity index (χ1v) is 9.24. The van der Waals surface area contributed by atoms with Crippen molar-refractivity contribution in [1.82, 2.24) is 10.9 Å². The van der Waals surface area contributed by atoms with E-state index < -0.39 is 17.7 Å². The van der Waals surface area contributed by atoms with Crippen molar-refractivity contribution in [2.75, 3.05) is 37.0 Å². The van der Waals surface area contributed by atoms with Gasteiger partial charge in [-0.3, -0.25) is 15.6 Å². The molecule has 2 fully saturated rings. The second kappa shape index (κ2) is 7.73. The molecule has 0 radical (unpaired) electrons. The molecule has 0 spiro atoms. The number of carbonyl (C=O) groups excluding carboxylic acids is 1. The molecule has 1 unspecified atom stereocenters. The Morgan fingerprint density at radius 1 is 1.14 bits per heavy atom. The molecule has 28 heavy (non-hydrogen) atoms. The summed E-state index contributed by atoms with van der Waals surface area (Å²) in [4.78, 5) is 14.1. The molecule has 6 nitrogen and oxygen atoms in total. The molecule has 0 aliphatic carbocycles. The first kappa shape index (κ1) is 18.6. The second-order valence-corrected chi connectivity index (χ2v) is 6.97. The molecule has 2 aromatic rings. The van der Waals surface area contributed by atoms with Gasteiger partial charge in [-0.15, -0.1) is 0 Å². The number of halogens is 2. The highest BCUT2D eigenvalue weighted by atomic mass is 19.2. The first-order chi connectivity index (χ1) is 13.6. The average molecular weight is 388 g/mol. The number of hydrazine groups is 1. The lowest BCUT2D eigenvalue weighted by atomic mass is 9.99. The number of hydrogen-bond acceptors (Lipinski definition) is 5. The maximum absolute atomic E-state index is 14.7. The Hall–Kier alpha value is -2.71. The van der Waals surface area contributed by atoms with Crippen molar-refractivity contribution in [3.63, 3.8) is 0 Å². The number of amides is 1. The van der Waals surface area contributed by atoms with Crippen molar-refractivity contribution in [3.8, 4) is 5.75 Å². The molecule has 0 bridgehead atoms. The van der Waals surface area contributed by atoms with E-state index in [1.165, 1.54) is 11.0 Å². The SMILES string of the molecule is COc1cccc(NC2CCN(c3ccc(C4CNNC4)c(F)c3F)C2=O)c1. The summed E-state index contributed by atoms with van der Waals surface area (Å²) in [6.07, 6.45) is 0.495. The number of nitrogens with zero attached hydrogens (tertiary/aromatic N) is 1. The van der Waals surface area contributed by atoms with E-state index in [0.717, 1.165) is 5.69 Å². The molecule has 2 aliphatic rings. The minimum Gasteiger partial charge on any atom is -0.497 e. The molecule has 4 rings (SSSR count). The second-order valence-electron chi connectivity index (χ2n) is 6.97. The van der Waals surface area contributed by atoms with Crippen LogP contribution in [0.5, 0.6) is 5.75 Å². The molecular formula is C20H22F2N4O2. The van der Waals surface area contributed by atoms with Crippen LogP contribution in [0.3, 0.4) is 0 Å². The fourth-order valence-electron chi connectivity index (χ4n) is 3.73. The molecule has 148 valence electrons. The summed E-state index contributed by atoms with van der Waals surface area (Å²) in [6.45, 7) is 1.39. The van der Waals surface area contributed by atoms with Gasteiger partial charge in [-0.05, 0) is 30.2 Å². The van der Waals surface area contributed by atoms with E-state index >= 15 is 0 Å². The van der Waals surface area contributed by atoms with E-state index in [9.17, 15) is 13.6 Å². The van der Waals surface area contributed by atoms with E-state index in [-0.39, 0.29) is 17.5 Å². The predicted molar refractivity (Wildman–Crippen MR) is 102 cm³/mol. The molecule has 2 saturated heterocycles. The summed E-state index contributed by atoms with van der Waals surface area (Å²) in [6, 6.07) is 9.81. The molecular weight excluding hydrogens is 366 g/mol. The summed E-state index contributed by atoms with van der Waals surface area (Å²) in [7, 11) is 1.57. The number of methoxy groups -OCH3 is 1. The number of anilines is 2. The van der Waals surface area contributed by atoms with E-state index in [1.807, 2.05) is 18.2 Å². The number of nitrogens with one attached hydrogen (secondary N) is 3. The highest BCUT2D eigenvalue weighted by Gasteiger charge is 2.35. The van der Waals surface area contributed by atoms with Gasteiger partial charge in [0.25, 0.3) is 0 Å². The molecule has 3 N–H and O–H groups in total. The smallest absolute Gasteiger partial charge is 0.249 e. The third-order valence-electron chi connectivity index (χ3n) is 5.26. The molecule has 1 atom stereocenters. The molecule has 0 aromatic heterocycles. The zero-order chi connectivity index (χ0) is 19.7. The average Bonchev–Trinajstić information content (AvgIpc) is 3.35. The number of benzene rings is 2. The van der Waals surface area contributed by atoms with E-state index in [1.54, 1.807) is 19.2 Å². The fraction of sp³-hybridized carbons (Fsp3) is 0.350. The first-order valence-electron chi connectivity index (χ1n) is 9.24. The quantitative estimate of drug-likeness (QED) is 0.734. The maximum atomic E-state index is 14.7. The van der Waals surface area contributed by atoms with Crippen LogP contribution < -0.4 is 25.8 Å². The summed E-state index contributed by atoms with van der Waals surface area (Å²) in [5.41, 5.74) is 6.86. The predicted octanol–water partition coefficient (Wildman–Crippen LogP) is 2.38. The Morgan fingerprint density at radius 3 is 2.68 bits per heavy atom. The van der Waals surface area contributed by atoms with Gasteiger partial charge in [-0.1, -0.05) is 12.1 Å². The van der Waals surface area contributed by atoms with Gasteiger partial charge in [-0.25, -0.2) is 8.78 Å². The summed E-state index contributed by atoms with van der Waals surface area (Å²) < 4.78 is 34.6. The van der Waals surface area contributed by atoms with Gasteiger partial charge in [0.05, 0.1) is 12.8 Å². The fourth-order valence-corrected chi connectivity index (χ4v) is 3.73. The van der Waals surface area contributed by atoms with Gasteiger partial charge in [0.2, 0.25) is 5.91 Å². The Balaban J connectivity index is 1.52. The van der Waals surface area contributed by atoms with Crippen LogP contribution in [0.4, 0.5) is 20.2 Å². The molecule has 8 heteroatoms. The van der Waals surface area contributed by atoms with Crippen LogP contribution in [-0.2, 0) is 4.79 Å². The Bertz CT molecular complexity index is 887. The number of rotatable bonds is 5. The number of carbonyl (C=O) groups is 1. The lowest BCUT2D eigenvalue weighted by molar-refractivity contribution is -0.117. The van der Waals surface area contributed by atoms with Crippen LogP contribution in [0, 0.1) is 11.6 Å². The van der Waals surface area contributed by atoms with Crippen molar-refractivity contribution in [2.45, 2.75) is 18.4 Å². The van der Waals surface area contributed by atoms with Crippen molar-refractivity contribution in [3.05, 3.63) is 53.6 Å². The third-order valence-corrected chi connectivity index (χ3v) is 5.26. The number of ether oxygens (including phenoxy) is 1. The normalized spacial score (nSPS) is 20.0. The van der Waals surface area contributed by atoms with Crippen molar-refractivity contribution in [1.29, 1.82) is 0 Å². The van der Waals surface area contributed by atoms with E-state index in [2.05, 4.69) is 16.2 Å². The Labute approximate surface area is 161 Å². The van der Waals surface area contributed by atoms with Crippen LogP contribution in [0.1, 0.15) is 17.9 Å². The van der Waals surface area contributed by atoms with Gasteiger partial charge in [0, 0.05) is 37.3 Å². The molecule has 2 heterocycles. The summed E-state index contributed by atoms with van der Waals surface area (Å²) in [5.74, 6) is -1.60. The third kappa shape index (κ3) is 3.41. The van der Waals surface area contributed by atoms with Crippen molar-refractivity contribution < 1.29 is 18.3 Å². The van der Waals surface area contributed by atoms with Crippen LogP contribution in [-0.4, -0.2) is 38.7 Å². The van der Waals surface area contributed by atoms with Crippen molar-refractivity contribution in [2.24, 2.45) is 0 Å².